The molecule has 0 bridgehead atoms. The van der Waals surface area contributed by atoms with Crippen molar-refractivity contribution in [3.8, 4) is 11.4 Å². The van der Waals surface area contributed by atoms with Gasteiger partial charge < -0.3 is 9.64 Å². The van der Waals surface area contributed by atoms with Crippen molar-refractivity contribution in [2.24, 2.45) is 0 Å². The van der Waals surface area contributed by atoms with E-state index in [0.717, 1.165) is 12.0 Å². The van der Waals surface area contributed by atoms with E-state index in [9.17, 15) is 9.59 Å². The van der Waals surface area contributed by atoms with Crippen LogP contribution in [-0.2, 0) is 0 Å². The SMILES string of the molecule is CCCN(C(=O)c1ccccc1C)C(C)c1nc2ccccc2c(=O)n1-c1ccccc1OCC. The van der Waals surface area contributed by atoms with Crippen molar-refractivity contribution < 1.29 is 9.53 Å². The molecule has 6 nitrogen and oxygen atoms in total. The second-order valence-electron chi connectivity index (χ2n) is 8.52. The van der Waals surface area contributed by atoms with Gasteiger partial charge in [-0.05, 0) is 63.1 Å². The lowest BCUT2D eigenvalue weighted by molar-refractivity contribution is 0.0680. The van der Waals surface area contributed by atoms with Gasteiger partial charge >= 0.3 is 0 Å². The van der Waals surface area contributed by atoms with Gasteiger partial charge in [-0.1, -0.05) is 49.4 Å². The van der Waals surface area contributed by atoms with E-state index in [4.69, 9.17) is 9.72 Å². The van der Waals surface area contributed by atoms with Gasteiger partial charge in [0.15, 0.2) is 0 Å². The monoisotopic (exact) mass is 469 g/mol. The van der Waals surface area contributed by atoms with Gasteiger partial charge in [0.1, 0.15) is 11.6 Å². The Morgan fingerprint density at radius 2 is 1.69 bits per heavy atom. The van der Waals surface area contributed by atoms with E-state index >= 15 is 0 Å². The van der Waals surface area contributed by atoms with Crippen LogP contribution in [-0.4, -0.2) is 33.5 Å². The molecule has 0 spiro atoms. The molecule has 0 aliphatic carbocycles. The molecule has 1 unspecified atom stereocenters. The van der Waals surface area contributed by atoms with Crippen LogP contribution in [0.4, 0.5) is 0 Å². The summed E-state index contributed by atoms with van der Waals surface area (Å²) in [7, 11) is 0. The molecule has 3 aromatic carbocycles. The second-order valence-corrected chi connectivity index (χ2v) is 8.52. The average Bonchev–Trinajstić information content (AvgIpc) is 2.87. The number of amides is 1. The zero-order valence-corrected chi connectivity index (χ0v) is 20.7. The molecule has 1 amide bonds. The summed E-state index contributed by atoms with van der Waals surface area (Å²) in [4.78, 5) is 34.3. The Morgan fingerprint density at radius 1 is 1.00 bits per heavy atom. The van der Waals surface area contributed by atoms with E-state index in [-0.39, 0.29) is 11.5 Å². The van der Waals surface area contributed by atoms with E-state index < -0.39 is 6.04 Å². The van der Waals surface area contributed by atoms with Crippen LogP contribution >= 0.6 is 0 Å². The number of para-hydroxylation sites is 3. The molecule has 0 fully saturated rings. The first-order valence-electron chi connectivity index (χ1n) is 12.1. The predicted octanol–water partition coefficient (Wildman–Crippen LogP) is 5.71. The molecule has 0 saturated heterocycles. The Hall–Kier alpha value is -3.93. The molecule has 1 aromatic heterocycles. The van der Waals surface area contributed by atoms with Gasteiger partial charge in [-0.2, -0.15) is 0 Å². The number of fused-ring (bicyclic) bond motifs is 1. The molecule has 0 radical (unpaired) electrons. The highest BCUT2D eigenvalue weighted by Crippen LogP contribution is 2.29. The fraction of sp³-hybridized carbons (Fsp3) is 0.276. The first-order valence-corrected chi connectivity index (χ1v) is 12.1. The van der Waals surface area contributed by atoms with E-state index in [2.05, 4.69) is 0 Å². The zero-order chi connectivity index (χ0) is 24.9. The number of hydrogen-bond acceptors (Lipinski definition) is 4. The summed E-state index contributed by atoms with van der Waals surface area (Å²) in [6, 6.07) is 21.9. The molecule has 0 aliphatic rings. The van der Waals surface area contributed by atoms with Crippen molar-refractivity contribution in [2.75, 3.05) is 13.2 Å². The van der Waals surface area contributed by atoms with Crippen LogP contribution in [0, 0.1) is 6.92 Å². The van der Waals surface area contributed by atoms with Gasteiger partial charge in [0.05, 0.1) is 29.2 Å². The lowest BCUT2D eigenvalue weighted by Crippen LogP contribution is -2.38. The maximum Gasteiger partial charge on any atom is 0.266 e. The number of aryl methyl sites for hydroxylation is 1. The third-order valence-electron chi connectivity index (χ3n) is 6.15. The highest BCUT2D eigenvalue weighted by Gasteiger charge is 2.28. The normalized spacial score (nSPS) is 11.9. The van der Waals surface area contributed by atoms with E-state index in [1.807, 2.05) is 94.4 Å². The minimum absolute atomic E-state index is 0.0792. The fourth-order valence-electron chi connectivity index (χ4n) is 4.40. The molecular weight excluding hydrogens is 438 g/mol. The Labute approximate surface area is 205 Å². The highest BCUT2D eigenvalue weighted by molar-refractivity contribution is 5.96. The molecule has 1 heterocycles. The largest absolute Gasteiger partial charge is 0.492 e. The maximum absolute atomic E-state index is 13.8. The van der Waals surface area contributed by atoms with Crippen molar-refractivity contribution in [1.82, 2.24) is 14.5 Å². The molecule has 1 atom stereocenters. The summed E-state index contributed by atoms with van der Waals surface area (Å²) in [5, 5.41) is 0.516. The van der Waals surface area contributed by atoms with Crippen molar-refractivity contribution in [2.45, 2.75) is 40.2 Å². The summed E-state index contributed by atoms with van der Waals surface area (Å²) in [6.45, 7) is 8.81. The molecule has 35 heavy (non-hydrogen) atoms. The number of carbonyl (C=O) groups is 1. The van der Waals surface area contributed by atoms with Crippen LogP contribution in [0.1, 0.15) is 55.0 Å². The number of rotatable bonds is 8. The topological polar surface area (TPSA) is 64.4 Å². The minimum Gasteiger partial charge on any atom is -0.492 e. The zero-order valence-electron chi connectivity index (χ0n) is 20.7. The lowest BCUT2D eigenvalue weighted by Gasteiger charge is -2.31. The number of benzene rings is 3. The van der Waals surface area contributed by atoms with Crippen LogP contribution in [0.2, 0.25) is 0 Å². The van der Waals surface area contributed by atoms with Gasteiger partial charge in [-0.3, -0.25) is 14.2 Å². The van der Waals surface area contributed by atoms with Crippen LogP contribution < -0.4 is 10.3 Å². The summed E-state index contributed by atoms with van der Waals surface area (Å²) in [5.41, 5.74) is 2.58. The molecule has 4 rings (SSSR count). The van der Waals surface area contributed by atoms with Crippen LogP contribution in [0.15, 0.2) is 77.6 Å². The smallest absolute Gasteiger partial charge is 0.266 e. The molecule has 180 valence electrons. The van der Waals surface area contributed by atoms with Gasteiger partial charge in [-0.25, -0.2) is 4.98 Å². The van der Waals surface area contributed by atoms with Crippen molar-refractivity contribution in [3.05, 3.63) is 100 Å². The van der Waals surface area contributed by atoms with E-state index in [1.165, 1.54) is 0 Å². The fourth-order valence-corrected chi connectivity index (χ4v) is 4.40. The van der Waals surface area contributed by atoms with Gasteiger partial charge in [-0.15, -0.1) is 0 Å². The lowest BCUT2D eigenvalue weighted by atomic mass is 10.1. The Balaban J connectivity index is 1.95. The number of carbonyl (C=O) groups excluding carboxylic acids is 1. The van der Waals surface area contributed by atoms with Gasteiger partial charge in [0.25, 0.3) is 11.5 Å². The van der Waals surface area contributed by atoms with E-state index in [1.54, 1.807) is 15.5 Å². The summed E-state index contributed by atoms with van der Waals surface area (Å²) in [6.07, 6.45) is 0.773. The maximum atomic E-state index is 13.8. The number of aromatic nitrogens is 2. The van der Waals surface area contributed by atoms with Crippen molar-refractivity contribution in [1.29, 1.82) is 0 Å². The van der Waals surface area contributed by atoms with Crippen LogP contribution in [0.3, 0.4) is 0 Å². The summed E-state index contributed by atoms with van der Waals surface area (Å²) < 4.78 is 7.47. The standard InChI is InChI=1S/C29H31N3O3/c1-5-19-31(28(33)22-14-8-7-13-20(22)3)21(4)27-30-24-16-10-9-15-23(24)29(34)32(27)25-17-11-12-18-26(25)35-6-2/h7-18,21H,5-6,19H2,1-4H3. The molecule has 0 saturated carbocycles. The highest BCUT2D eigenvalue weighted by atomic mass is 16.5. The quantitative estimate of drug-likeness (QED) is 0.332. The average molecular weight is 470 g/mol. The molecule has 6 heteroatoms. The number of nitrogens with zero attached hydrogens (tertiary/aromatic N) is 3. The third kappa shape index (κ3) is 4.69. The third-order valence-corrected chi connectivity index (χ3v) is 6.15. The van der Waals surface area contributed by atoms with Gasteiger partial charge in [0.2, 0.25) is 0 Å². The van der Waals surface area contributed by atoms with E-state index in [0.29, 0.717) is 46.9 Å². The summed E-state index contributed by atoms with van der Waals surface area (Å²) in [5.74, 6) is 1.01. The van der Waals surface area contributed by atoms with Gasteiger partial charge in [0, 0.05) is 12.1 Å². The molecule has 4 aromatic rings. The Morgan fingerprint density at radius 3 is 2.43 bits per heavy atom. The first kappa shape index (κ1) is 24.2. The molecular formula is C29H31N3O3. The molecule has 0 N–H and O–H groups in total. The Bertz CT molecular complexity index is 1410. The first-order chi connectivity index (χ1) is 17.0. The Kier molecular flexibility index (Phi) is 7.30. The minimum atomic E-state index is -0.464. The number of ether oxygens (including phenoxy) is 1. The summed E-state index contributed by atoms with van der Waals surface area (Å²) >= 11 is 0. The predicted molar refractivity (Wildman–Crippen MR) is 139 cm³/mol. The molecule has 0 aliphatic heterocycles. The van der Waals surface area contributed by atoms with Crippen LogP contribution in [0.25, 0.3) is 16.6 Å². The number of hydrogen-bond donors (Lipinski definition) is 0. The second kappa shape index (κ2) is 10.6. The van der Waals surface area contributed by atoms with Crippen molar-refractivity contribution >= 4 is 16.8 Å². The van der Waals surface area contributed by atoms with Crippen molar-refractivity contribution in [3.63, 3.8) is 0 Å². The van der Waals surface area contributed by atoms with Crippen LogP contribution in [0.5, 0.6) is 5.75 Å².